The number of nitrogens with zero attached hydrogens (tertiary/aromatic N) is 3. The molecular formula is C25H35N3O5. The molecule has 0 aliphatic carbocycles. The second kappa shape index (κ2) is 9.85. The molecule has 8 nitrogen and oxygen atoms in total. The molecule has 3 rings (SSSR count). The number of amides is 1. The smallest absolute Gasteiger partial charge is 0.410 e. The summed E-state index contributed by atoms with van der Waals surface area (Å²) in [4.78, 5) is 26.5. The normalized spacial score (nSPS) is 14.6. The predicted octanol–water partition coefficient (Wildman–Crippen LogP) is 4.62. The van der Waals surface area contributed by atoms with Gasteiger partial charge in [-0.05, 0) is 58.2 Å². The van der Waals surface area contributed by atoms with Crippen molar-refractivity contribution in [2.45, 2.75) is 79.1 Å². The molecule has 1 amide bonds. The fourth-order valence-corrected chi connectivity index (χ4v) is 3.66. The molecule has 2 heterocycles. The van der Waals surface area contributed by atoms with Crippen LogP contribution in [-0.4, -0.2) is 51.6 Å². The zero-order chi connectivity index (χ0) is 24.3. The van der Waals surface area contributed by atoms with Crippen molar-refractivity contribution in [2.24, 2.45) is 0 Å². The molecule has 0 radical (unpaired) electrons. The summed E-state index contributed by atoms with van der Waals surface area (Å²) in [6.45, 7) is 14.3. The fourth-order valence-electron chi connectivity index (χ4n) is 3.66. The number of benzene rings is 1. The summed E-state index contributed by atoms with van der Waals surface area (Å²) in [6, 6.07) is 8.24. The van der Waals surface area contributed by atoms with Crippen LogP contribution in [0, 0.1) is 0 Å². The number of carbonyl (C=O) groups excluding carboxylic acids is 2. The molecule has 180 valence electrons. The average molecular weight is 458 g/mol. The summed E-state index contributed by atoms with van der Waals surface area (Å²) in [6.07, 6.45) is -0.616. The van der Waals surface area contributed by atoms with Crippen molar-refractivity contribution in [1.29, 1.82) is 0 Å². The minimum Gasteiger partial charge on any atom is -0.463 e. The largest absolute Gasteiger partial charge is 0.463 e. The highest BCUT2D eigenvalue weighted by Crippen LogP contribution is 2.32. The lowest BCUT2D eigenvalue weighted by molar-refractivity contribution is -0.150. The summed E-state index contributed by atoms with van der Waals surface area (Å²) >= 11 is 0. The van der Waals surface area contributed by atoms with Crippen LogP contribution in [0.15, 0.2) is 24.3 Å². The van der Waals surface area contributed by atoms with Crippen LogP contribution in [-0.2, 0) is 27.2 Å². The predicted molar refractivity (Wildman–Crippen MR) is 125 cm³/mol. The molecule has 8 heteroatoms. The van der Waals surface area contributed by atoms with Gasteiger partial charge < -0.3 is 19.1 Å². The SMILES string of the molecule is CCOC(=O)[C@@H](C)Oc1nn(-c2ccc(C(C)C)cc2)c2c1CN(C(=O)OC(C)(C)C)CC2. The minimum atomic E-state index is -0.822. The lowest BCUT2D eigenvalue weighted by Crippen LogP contribution is -2.40. The van der Waals surface area contributed by atoms with E-state index in [4.69, 9.17) is 19.3 Å². The second-order valence-corrected chi connectivity index (χ2v) is 9.55. The van der Waals surface area contributed by atoms with E-state index in [-0.39, 0.29) is 12.7 Å². The van der Waals surface area contributed by atoms with E-state index in [1.807, 2.05) is 37.6 Å². The van der Waals surface area contributed by atoms with Gasteiger partial charge in [-0.15, -0.1) is 5.10 Å². The third-order valence-electron chi connectivity index (χ3n) is 5.38. The molecule has 0 bridgehead atoms. The van der Waals surface area contributed by atoms with Crippen LogP contribution in [0.2, 0.25) is 0 Å². The number of carbonyl (C=O) groups is 2. The first-order chi connectivity index (χ1) is 15.5. The Morgan fingerprint density at radius 1 is 1.12 bits per heavy atom. The molecule has 1 aliphatic heterocycles. The van der Waals surface area contributed by atoms with E-state index in [2.05, 4.69) is 26.0 Å². The highest BCUT2D eigenvalue weighted by Gasteiger charge is 2.32. The van der Waals surface area contributed by atoms with Crippen LogP contribution in [0.4, 0.5) is 4.79 Å². The average Bonchev–Trinajstić information content (AvgIpc) is 3.10. The number of rotatable bonds is 6. The van der Waals surface area contributed by atoms with Crippen LogP contribution in [0.1, 0.15) is 71.2 Å². The van der Waals surface area contributed by atoms with E-state index in [1.54, 1.807) is 18.7 Å². The molecule has 33 heavy (non-hydrogen) atoms. The van der Waals surface area contributed by atoms with E-state index in [0.29, 0.717) is 31.3 Å². The highest BCUT2D eigenvalue weighted by atomic mass is 16.6. The molecule has 0 N–H and O–H groups in total. The lowest BCUT2D eigenvalue weighted by Gasteiger charge is -2.30. The van der Waals surface area contributed by atoms with Gasteiger partial charge in [-0.25, -0.2) is 14.3 Å². The van der Waals surface area contributed by atoms with Crippen molar-refractivity contribution in [3.05, 3.63) is 41.1 Å². The third-order valence-corrected chi connectivity index (χ3v) is 5.38. The van der Waals surface area contributed by atoms with Gasteiger partial charge in [0, 0.05) is 13.0 Å². The van der Waals surface area contributed by atoms with Crippen LogP contribution >= 0.6 is 0 Å². The summed E-state index contributed by atoms with van der Waals surface area (Å²) in [7, 11) is 0. The summed E-state index contributed by atoms with van der Waals surface area (Å²) in [5.41, 5.74) is 3.29. The minimum absolute atomic E-state index is 0.272. The Balaban J connectivity index is 1.95. The first kappa shape index (κ1) is 24.6. The van der Waals surface area contributed by atoms with E-state index in [1.165, 1.54) is 5.56 Å². The second-order valence-electron chi connectivity index (χ2n) is 9.55. The van der Waals surface area contributed by atoms with Gasteiger partial charge in [0.25, 0.3) is 0 Å². The number of fused-ring (bicyclic) bond motifs is 1. The first-order valence-electron chi connectivity index (χ1n) is 11.5. The van der Waals surface area contributed by atoms with Gasteiger partial charge in [0.15, 0.2) is 6.10 Å². The highest BCUT2D eigenvalue weighted by molar-refractivity contribution is 5.74. The number of ether oxygens (including phenoxy) is 3. The molecule has 1 aromatic heterocycles. The van der Waals surface area contributed by atoms with Crippen molar-refractivity contribution >= 4 is 12.1 Å². The van der Waals surface area contributed by atoms with Crippen molar-refractivity contribution in [3.63, 3.8) is 0 Å². The maximum absolute atomic E-state index is 12.7. The van der Waals surface area contributed by atoms with E-state index < -0.39 is 17.7 Å². The van der Waals surface area contributed by atoms with Crippen LogP contribution in [0.3, 0.4) is 0 Å². The topological polar surface area (TPSA) is 82.9 Å². The van der Waals surface area contributed by atoms with Gasteiger partial charge in [0.05, 0.1) is 30.1 Å². The van der Waals surface area contributed by atoms with Gasteiger partial charge in [-0.2, -0.15) is 0 Å². The monoisotopic (exact) mass is 457 g/mol. The Kier molecular flexibility index (Phi) is 7.34. The Morgan fingerprint density at radius 2 is 1.79 bits per heavy atom. The number of esters is 1. The fraction of sp³-hybridized carbons (Fsp3) is 0.560. The molecule has 1 aliphatic rings. The van der Waals surface area contributed by atoms with Gasteiger partial charge in [0.2, 0.25) is 5.88 Å². The van der Waals surface area contributed by atoms with Gasteiger partial charge in [-0.3, -0.25) is 0 Å². The maximum atomic E-state index is 12.7. The summed E-state index contributed by atoms with van der Waals surface area (Å²) in [5, 5.41) is 4.70. The van der Waals surface area contributed by atoms with Crippen molar-refractivity contribution in [3.8, 4) is 11.6 Å². The van der Waals surface area contributed by atoms with Crippen LogP contribution < -0.4 is 4.74 Å². The van der Waals surface area contributed by atoms with E-state index >= 15 is 0 Å². The van der Waals surface area contributed by atoms with Crippen molar-refractivity contribution in [1.82, 2.24) is 14.7 Å². The molecule has 0 spiro atoms. The molecule has 0 saturated heterocycles. The number of hydrogen-bond donors (Lipinski definition) is 0. The Bertz CT molecular complexity index is 989. The third kappa shape index (κ3) is 5.86. The number of hydrogen-bond acceptors (Lipinski definition) is 6. The molecule has 0 saturated carbocycles. The van der Waals surface area contributed by atoms with Crippen LogP contribution in [0.5, 0.6) is 5.88 Å². The van der Waals surface area contributed by atoms with Crippen molar-refractivity contribution in [2.75, 3.05) is 13.2 Å². The van der Waals surface area contributed by atoms with Gasteiger partial charge in [-0.1, -0.05) is 26.0 Å². The summed E-state index contributed by atoms with van der Waals surface area (Å²) in [5.74, 6) is 0.297. The number of aromatic nitrogens is 2. The zero-order valence-corrected chi connectivity index (χ0v) is 20.7. The molecule has 1 atom stereocenters. The quantitative estimate of drug-likeness (QED) is 0.589. The molecule has 2 aromatic rings. The zero-order valence-electron chi connectivity index (χ0n) is 20.7. The molecule has 0 fully saturated rings. The maximum Gasteiger partial charge on any atom is 0.410 e. The molecular weight excluding hydrogens is 422 g/mol. The lowest BCUT2D eigenvalue weighted by atomic mass is 10.0. The van der Waals surface area contributed by atoms with E-state index in [0.717, 1.165) is 16.9 Å². The molecule has 0 unspecified atom stereocenters. The van der Waals surface area contributed by atoms with Gasteiger partial charge >= 0.3 is 12.1 Å². The summed E-state index contributed by atoms with van der Waals surface area (Å²) < 4.78 is 18.4. The Labute approximate surface area is 195 Å². The Morgan fingerprint density at radius 3 is 2.36 bits per heavy atom. The van der Waals surface area contributed by atoms with Crippen molar-refractivity contribution < 1.29 is 23.8 Å². The Hall–Kier alpha value is -3.03. The standard InChI is InChI=1S/C25H35N3O5/c1-8-31-23(29)17(4)32-22-20-15-27(24(30)33-25(5,6)7)14-13-21(20)28(26-22)19-11-9-18(10-12-19)16(2)3/h9-12,16-17H,8,13-15H2,1-7H3/t17-/m1/s1. The van der Waals surface area contributed by atoms with E-state index in [9.17, 15) is 9.59 Å². The molecule has 1 aromatic carbocycles. The first-order valence-corrected chi connectivity index (χ1v) is 11.5. The van der Waals surface area contributed by atoms with Gasteiger partial charge in [0.1, 0.15) is 5.60 Å². The van der Waals surface area contributed by atoms with Crippen LogP contribution in [0.25, 0.3) is 5.69 Å².